The van der Waals surface area contributed by atoms with Crippen LogP contribution in [0, 0.1) is 5.92 Å². The maximum absolute atomic E-state index is 11.7. The van der Waals surface area contributed by atoms with Gasteiger partial charge in [-0.15, -0.1) is 0 Å². The van der Waals surface area contributed by atoms with Crippen LogP contribution in [0.25, 0.3) is 0 Å². The Bertz CT molecular complexity index is 281. The first-order valence-corrected chi connectivity index (χ1v) is 6.29. The van der Waals surface area contributed by atoms with E-state index in [0.717, 1.165) is 13.0 Å². The van der Waals surface area contributed by atoms with Crippen LogP contribution in [0.1, 0.15) is 33.1 Å². The average molecular weight is 242 g/mol. The smallest absolute Gasteiger partial charge is 0.303 e. The van der Waals surface area contributed by atoms with Crippen molar-refractivity contribution in [2.75, 3.05) is 19.6 Å². The Morgan fingerprint density at radius 2 is 2.06 bits per heavy atom. The third kappa shape index (κ3) is 4.34. The van der Waals surface area contributed by atoms with Crippen molar-refractivity contribution in [3.05, 3.63) is 0 Å². The number of hydrogen-bond donors (Lipinski definition) is 2. The first kappa shape index (κ1) is 14.0. The molecule has 1 aliphatic rings. The molecule has 1 heterocycles. The number of rotatable bonds is 5. The van der Waals surface area contributed by atoms with E-state index in [1.807, 2.05) is 13.8 Å². The molecule has 5 heteroatoms. The Kier molecular flexibility index (Phi) is 5.41. The van der Waals surface area contributed by atoms with Crippen LogP contribution in [0.4, 0.5) is 0 Å². The number of amides is 1. The lowest BCUT2D eigenvalue weighted by Crippen LogP contribution is -2.51. The fourth-order valence-corrected chi connectivity index (χ4v) is 2.46. The van der Waals surface area contributed by atoms with Gasteiger partial charge in [0.25, 0.3) is 0 Å². The van der Waals surface area contributed by atoms with Gasteiger partial charge in [0, 0.05) is 32.0 Å². The minimum absolute atomic E-state index is 0.0702. The lowest BCUT2D eigenvalue weighted by molar-refractivity contribution is -0.141. The molecule has 5 nitrogen and oxygen atoms in total. The second-order valence-electron chi connectivity index (χ2n) is 4.61. The summed E-state index contributed by atoms with van der Waals surface area (Å²) in [7, 11) is 0. The Morgan fingerprint density at radius 1 is 1.35 bits per heavy atom. The second kappa shape index (κ2) is 6.59. The van der Waals surface area contributed by atoms with Crippen LogP contribution < -0.4 is 5.32 Å². The summed E-state index contributed by atoms with van der Waals surface area (Å²) in [6.45, 7) is 5.99. The van der Waals surface area contributed by atoms with Crippen molar-refractivity contribution in [2.45, 2.75) is 39.2 Å². The van der Waals surface area contributed by atoms with Crippen LogP contribution in [0.3, 0.4) is 0 Å². The summed E-state index contributed by atoms with van der Waals surface area (Å²) in [6, 6.07) is 0.230. The minimum atomic E-state index is -0.781. The van der Waals surface area contributed by atoms with E-state index in [1.165, 1.54) is 0 Å². The molecule has 0 radical (unpaired) electrons. The van der Waals surface area contributed by atoms with Crippen LogP contribution in [0.15, 0.2) is 0 Å². The normalized spacial score (nSPS) is 24.7. The van der Waals surface area contributed by atoms with Gasteiger partial charge in [-0.25, -0.2) is 0 Å². The lowest BCUT2D eigenvalue weighted by atomic mass is 9.91. The van der Waals surface area contributed by atoms with Crippen molar-refractivity contribution >= 4 is 11.9 Å². The van der Waals surface area contributed by atoms with E-state index in [2.05, 4.69) is 5.32 Å². The zero-order chi connectivity index (χ0) is 12.8. The molecule has 1 aliphatic heterocycles. The van der Waals surface area contributed by atoms with E-state index in [1.54, 1.807) is 4.90 Å². The highest BCUT2D eigenvalue weighted by Crippen LogP contribution is 2.20. The van der Waals surface area contributed by atoms with Gasteiger partial charge >= 0.3 is 5.97 Å². The molecule has 17 heavy (non-hydrogen) atoms. The number of likely N-dealkylation sites (N-methyl/N-ethyl adjacent to an activating group) is 1. The number of carbonyl (C=O) groups excluding carboxylic acids is 1. The summed E-state index contributed by atoms with van der Waals surface area (Å²) in [5, 5.41) is 12.1. The molecule has 98 valence electrons. The lowest BCUT2D eigenvalue weighted by Gasteiger charge is -2.37. The Labute approximate surface area is 102 Å². The highest BCUT2D eigenvalue weighted by atomic mass is 16.4. The van der Waals surface area contributed by atoms with Gasteiger partial charge in [-0.05, 0) is 18.9 Å². The number of hydrogen-bond acceptors (Lipinski definition) is 3. The fraction of sp³-hybridized carbons (Fsp3) is 0.833. The summed E-state index contributed by atoms with van der Waals surface area (Å²) >= 11 is 0. The molecule has 2 atom stereocenters. The van der Waals surface area contributed by atoms with Gasteiger partial charge in [0.15, 0.2) is 0 Å². The topological polar surface area (TPSA) is 69.6 Å². The van der Waals surface area contributed by atoms with Gasteiger partial charge in [-0.1, -0.05) is 13.8 Å². The van der Waals surface area contributed by atoms with E-state index in [-0.39, 0.29) is 24.3 Å². The third-order valence-electron chi connectivity index (χ3n) is 3.15. The number of nitrogens with one attached hydrogen (secondary N) is 1. The Hall–Kier alpha value is -1.10. The molecule has 0 saturated carbocycles. The summed E-state index contributed by atoms with van der Waals surface area (Å²) < 4.78 is 0. The molecule has 0 aliphatic carbocycles. The quantitative estimate of drug-likeness (QED) is 0.744. The van der Waals surface area contributed by atoms with Crippen molar-refractivity contribution in [3.63, 3.8) is 0 Å². The summed E-state index contributed by atoms with van der Waals surface area (Å²) in [6.07, 6.45) is 1.47. The van der Waals surface area contributed by atoms with E-state index in [4.69, 9.17) is 5.11 Å². The number of likely N-dealkylation sites (tertiary alicyclic amines) is 1. The second-order valence-corrected chi connectivity index (χ2v) is 4.61. The van der Waals surface area contributed by atoms with Gasteiger partial charge in [0.05, 0.1) is 0 Å². The standard InChI is InChI=1S/C12H22N2O3/c1-3-11(15)14-7-9(6-12(16)17)5-10(8-14)13-4-2/h9-10,13H,3-8H2,1-2H3,(H,16,17). The molecule has 0 aromatic carbocycles. The molecular weight excluding hydrogens is 220 g/mol. The van der Waals surface area contributed by atoms with Gasteiger partial charge in [0.2, 0.25) is 5.91 Å². The molecule has 1 fully saturated rings. The van der Waals surface area contributed by atoms with Crippen molar-refractivity contribution < 1.29 is 14.7 Å². The molecule has 0 bridgehead atoms. The Morgan fingerprint density at radius 3 is 2.59 bits per heavy atom. The third-order valence-corrected chi connectivity index (χ3v) is 3.15. The maximum atomic E-state index is 11.7. The van der Waals surface area contributed by atoms with Crippen LogP contribution in [0.2, 0.25) is 0 Å². The largest absolute Gasteiger partial charge is 0.481 e. The first-order valence-electron chi connectivity index (χ1n) is 6.29. The Balaban J connectivity index is 2.61. The average Bonchev–Trinajstić information content (AvgIpc) is 2.27. The van der Waals surface area contributed by atoms with E-state index in [0.29, 0.717) is 19.5 Å². The number of aliphatic carboxylic acids is 1. The molecule has 2 unspecified atom stereocenters. The number of piperidine rings is 1. The minimum Gasteiger partial charge on any atom is -0.481 e. The van der Waals surface area contributed by atoms with Crippen molar-refractivity contribution in [1.29, 1.82) is 0 Å². The molecule has 0 aromatic rings. The van der Waals surface area contributed by atoms with E-state index >= 15 is 0 Å². The van der Waals surface area contributed by atoms with E-state index < -0.39 is 5.97 Å². The number of carbonyl (C=O) groups is 2. The zero-order valence-corrected chi connectivity index (χ0v) is 10.6. The van der Waals surface area contributed by atoms with Gasteiger partial charge in [0.1, 0.15) is 0 Å². The van der Waals surface area contributed by atoms with Gasteiger partial charge < -0.3 is 15.3 Å². The van der Waals surface area contributed by atoms with Crippen molar-refractivity contribution in [2.24, 2.45) is 5.92 Å². The summed E-state index contributed by atoms with van der Waals surface area (Å²) in [5.74, 6) is -0.597. The SMILES string of the molecule is CCNC1CC(CC(=O)O)CN(C(=O)CC)C1. The van der Waals surface area contributed by atoms with Gasteiger partial charge in [-0.3, -0.25) is 9.59 Å². The molecule has 1 amide bonds. The van der Waals surface area contributed by atoms with Crippen LogP contribution >= 0.6 is 0 Å². The molecule has 0 aromatic heterocycles. The van der Waals surface area contributed by atoms with Gasteiger partial charge in [-0.2, -0.15) is 0 Å². The summed E-state index contributed by atoms with van der Waals surface area (Å²) in [5.41, 5.74) is 0. The van der Waals surface area contributed by atoms with Crippen LogP contribution in [0.5, 0.6) is 0 Å². The van der Waals surface area contributed by atoms with Crippen LogP contribution in [-0.4, -0.2) is 47.6 Å². The van der Waals surface area contributed by atoms with Crippen molar-refractivity contribution in [3.8, 4) is 0 Å². The molecule has 0 spiro atoms. The first-order chi connectivity index (χ1) is 8.06. The molecule has 1 saturated heterocycles. The highest BCUT2D eigenvalue weighted by molar-refractivity contribution is 5.76. The number of nitrogens with zero attached hydrogens (tertiary/aromatic N) is 1. The molecular formula is C12H22N2O3. The van der Waals surface area contributed by atoms with Crippen molar-refractivity contribution in [1.82, 2.24) is 10.2 Å². The molecule has 1 rings (SSSR count). The number of carboxylic acids is 1. The monoisotopic (exact) mass is 242 g/mol. The summed E-state index contributed by atoms with van der Waals surface area (Å²) in [4.78, 5) is 24.2. The van der Waals surface area contributed by atoms with E-state index in [9.17, 15) is 9.59 Å². The number of carboxylic acid groups (broad SMARTS) is 1. The highest BCUT2D eigenvalue weighted by Gasteiger charge is 2.29. The predicted octanol–water partition coefficient (Wildman–Crippen LogP) is 0.698. The zero-order valence-electron chi connectivity index (χ0n) is 10.6. The van der Waals surface area contributed by atoms with Crippen LogP contribution in [-0.2, 0) is 9.59 Å². The molecule has 2 N–H and O–H groups in total. The fourth-order valence-electron chi connectivity index (χ4n) is 2.46. The predicted molar refractivity (Wildman–Crippen MR) is 64.7 cm³/mol. The maximum Gasteiger partial charge on any atom is 0.303 e.